The number of aromatic amines is 1. The summed E-state index contributed by atoms with van der Waals surface area (Å²) in [6, 6.07) is 9.05. The van der Waals surface area contributed by atoms with E-state index in [1.807, 2.05) is 0 Å². The molecule has 1 aromatic heterocycles. The highest BCUT2D eigenvalue weighted by Crippen LogP contribution is 2.17. The molecule has 1 aliphatic rings. The molecule has 5 nitrogen and oxygen atoms in total. The monoisotopic (exact) mass is 344 g/mol. The van der Waals surface area contributed by atoms with E-state index in [0.29, 0.717) is 31.0 Å². The number of hydrogen-bond donors (Lipinski definition) is 1. The Morgan fingerprint density at radius 1 is 1.32 bits per heavy atom. The number of rotatable bonds is 5. The second-order valence-electron chi connectivity index (χ2n) is 6.36. The summed E-state index contributed by atoms with van der Waals surface area (Å²) in [7, 11) is 0. The van der Waals surface area contributed by atoms with E-state index in [0.717, 1.165) is 18.4 Å². The largest absolute Gasteiger partial charge is 0.376 e. The molecule has 1 atom stereocenters. The van der Waals surface area contributed by atoms with Gasteiger partial charge in [-0.1, -0.05) is 12.1 Å². The summed E-state index contributed by atoms with van der Waals surface area (Å²) in [6.45, 7) is 3.23. The smallest absolute Gasteiger partial charge is 0.254 e. The fourth-order valence-corrected chi connectivity index (χ4v) is 3.05. The van der Waals surface area contributed by atoms with Crippen molar-refractivity contribution in [3.05, 3.63) is 69.4 Å². The highest BCUT2D eigenvalue weighted by molar-refractivity contribution is 5.94. The molecule has 0 saturated carbocycles. The summed E-state index contributed by atoms with van der Waals surface area (Å²) in [5, 5.41) is 0. The van der Waals surface area contributed by atoms with Gasteiger partial charge < -0.3 is 14.6 Å². The minimum Gasteiger partial charge on any atom is -0.376 e. The highest BCUT2D eigenvalue weighted by atomic mass is 19.1. The number of pyridine rings is 1. The molecule has 1 fully saturated rings. The van der Waals surface area contributed by atoms with Crippen molar-refractivity contribution in [1.29, 1.82) is 0 Å². The van der Waals surface area contributed by atoms with Crippen LogP contribution in [0.1, 0.15) is 34.5 Å². The number of carbonyl (C=O) groups is 1. The molecule has 1 aromatic carbocycles. The summed E-state index contributed by atoms with van der Waals surface area (Å²) in [5.74, 6) is -0.542. The number of hydrogen-bond acceptors (Lipinski definition) is 3. The van der Waals surface area contributed by atoms with E-state index in [1.165, 1.54) is 18.2 Å². The van der Waals surface area contributed by atoms with Crippen LogP contribution in [0.25, 0.3) is 0 Å². The maximum atomic E-state index is 13.1. The van der Waals surface area contributed by atoms with Gasteiger partial charge in [0.2, 0.25) is 5.56 Å². The number of carbonyl (C=O) groups excluding carboxylic acids is 1. The standard InChI is InChI=1S/C19H21FN2O3/c1-13-9-15(10-18(23)21-13)19(24)22(12-17-3-2-8-25-17)11-14-4-6-16(20)7-5-14/h4-7,9-10,17H,2-3,8,11-12H2,1H3,(H,21,23)/t17-/m1/s1. The number of benzene rings is 1. The Balaban J connectivity index is 1.84. The number of amides is 1. The van der Waals surface area contributed by atoms with Crippen LogP contribution < -0.4 is 5.56 Å². The molecule has 0 bridgehead atoms. The molecule has 1 N–H and O–H groups in total. The van der Waals surface area contributed by atoms with Gasteiger partial charge in [-0.3, -0.25) is 9.59 Å². The SMILES string of the molecule is Cc1cc(C(=O)N(Cc2ccc(F)cc2)C[C@H]2CCCO2)cc(=O)[nH]1. The molecular weight excluding hydrogens is 323 g/mol. The molecule has 1 aliphatic heterocycles. The van der Waals surface area contributed by atoms with E-state index < -0.39 is 0 Å². The minimum atomic E-state index is -0.314. The zero-order chi connectivity index (χ0) is 17.8. The van der Waals surface area contributed by atoms with Gasteiger partial charge in [0.25, 0.3) is 5.91 Å². The molecule has 2 heterocycles. The summed E-state index contributed by atoms with van der Waals surface area (Å²) in [4.78, 5) is 28.9. The van der Waals surface area contributed by atoms with E-state index in [2.05, 4.69) is 4.98 Å². The fourth-order valence-electron chi connectivity index (χ4n) is 3.05. The van der Waals surface area contributed by atoms with Crippen molar-refractivity contribution in [1.82, 2.24) is 9.88 Å². The third-order valence-electron chi connectivity index (χ3n) is 4.25. The van der Waals surface area contributed by atoms with E-state index in [9.17, 15) is 14.0 Å². The van der Waals surface area contributed by atoms with Gasteiger partial charge >= 0.3 is 0 Å². The molecule has 0 aliphatic carbocycles. The first-order valence-electron chi connectivity index (χ1n) is 8.37. The van der Waals surface area contributed by atoms with Crippen LogP contribution in [0, 0.1) is 12.7 Å². The molecule has 6 heteroatoms. The Hall–Kier alpha value is -2.47. The third-order valence-corrected chi connectivity index (χ3v) is 4.25. The number of aromatic nitrogens is 1. The van der Waals surface area contributed by atoms with Crippen molar-refractivity contribution in [2.24, 2.45) is 0 Å². The van der Waals surface area contributed by atoms with Crippen LogP contribution in [0.4, 0.5) is 4.39 Å². The highest BCUT2D eigenvalue weighted by Gasteiger charge is 2.24. The normalized spacial score (nSPS) is 16.8. The lowest BCUT2D eigenvalue weighted by Gasteiger charge is -2.26. The molecular formula is C19H21FN2O3. The Kier molecular flexibility index (Phi) is 5.28. The van der Waals surface area contributed by atoms with Crippen LogP contribution in [0.5, 0.6) is 0 Å². The van der Waals surface area contributed by atoms with E-state index in [-0.39, 0.29) is 23.4 Å². The first kappa shape index (κ1) is 17.4. The summed E-state index contributed by atoms with van der Waals surface area (Å²) >= 11 is 0. The Morgan fingerprint density at radius 3 is 2.72 bits per heavy atom. The molecule has 0 spiro atoms. The van der Waals surface area contributed by atoms with Gasteiger partial charge in [-0.15, -0.1) is 0 Å². The minimum absolute atomic E-state index is 0.00695. The Bertz CT molecular complexity index is 795. The van der Waals surface area contributed by atoms with Crippen molar-refractivity contribution in [2.45, 2.75) is 32.4 Å². The zero-order valence-corrected chi connectivity index (χ0v) is 14.1. The second kappa shape index (κ2) is 7.61. The van der Waals surface area contributed by atoms with Crippen molar-refractivity contribution in [3.8, 4) is 0 Å². The van der Waals surface area contributed by atoms with Gasteiger partial charge in [-0.25, -0.2) is 4.39 Å². The molecule has 25 heavy (non-hydrogen) atoms. The third kappa shape index (κ3) is 4.54. The van der Waals surface area contributed by atoms with Gasteiger partial charge in [-0.05, 0) is 43.5 Å². The van der Waals surface area contributed by atoms with Crippen molar-refractivity contribution < 1.29 is 13.9 Å². The number of aryl methyl sites for hydroxylation is 1. The van der Waals surface area contributed by atoms with Crippen LogP contribution in [0.2, 0.25) is 0 Å². The van der Waals surface area contributed by atoms with E-state index >= 15 is 0 Å². The van der Waals surface area contributed by atoms with Crippen molar-refractivity contribution in [3.63, 3.8) is 0 Å². The van der Waals surface area contributed by atoms with Crippen molar-refractivity contribution in [2.75, 3.05) is 13.2 Å². The zero-order valence-electron chi connectivity index (χ0n) is 14.1. The Morgan fingerprint density at radius 2 is 2.08 bits per heavy atom. The molecule has 0 unspecified atom stereocenters. The average molecular weight is 344 g/mol. The average Bonchev–Trinajstić information content (AvgIpc) is 3.08. The number of ether oxygens (including phenoxy) is 1. The number of nitrogens with one attached hydrogen (secondary N) is 1. The van der Waals surface area contributed by atoms with Crippen LogP contribution in [0.3, 0.4) is 0 Å². The maximum absolute atomic E-state index is 13.1. The molecule has 1 amide bonds. The first-order chi connectivity index (χ1) is 12.0. The quantitative estimate of drug-likeness (QED) is 0.907. The van der Waals surface area contributed by atoms with Crippen LogP contribution >= 0.6 is 0 Å². The Labute approximate surface area is 145 Å². The van der Waals surface area contributed by atoms with Crippen LogP contribution in [-0.2, 0) is 11.3 Å². The van der Waals surface area contributed by atoms with Gasteiger partial charge in [0.15, 0.2) is 0 Å². The lowest BCUT2D eigenvalue weighted by Crippen LogP contribution is -2.37. The van der Waals surface area contributed by atoms with Gasteiger partial charge in [0.05, 0.1) is 6.10 Å². The number of halogens is 1. The lowest BCUT2D eigenvalue weighted by molar-refractivity contribution is 0.0507. The van der Waals surface area contributed by atoms with Gasteiger partial charge in [0, 0.05) is 37.0 Å². The fraction of sp³-hybridized carbons (Fsp3) is 0.368. The predicted molar refractivity (Wildman–Crippen MR) is 91.9 cm³/mol. The molecule has 132 valence electrons. The van der Waals surface area contributed by atoms with Crippen LogP contribution in [0.15, 0.2) is 41.2 Å². The van der Waals surface area contributed by atoms with E-state index in [1.54, 1.807) is 30.0 Å². The number of nitrogens with zero attached hydrogens (tertiary/aromatic N) is 1. The van der Waals surface area contributed by atoms with Gasteiger partial charge in [0.1, 0.15) is 5.82 Å². The first-order valence-corrected chi connectivity index (χ1v) is 8.37. The number of H-pyrrole nitrogens is 1. The molecule has 2 aromatic rings. The summed E-state index contributed by atoms with van der Waals surface area (Å²) in [6.07, 6.45) is 1.88. The lowest BCUT2D eigenvalue weighted by atomic mass is 10.1. The van der Waals surface area contributed by atoms with Gasteiger partial charge in [-0.2, -0.15) is 0 Å². The van der Waals surface area contributed by atoms with Crippen molar-refractivity contribution >= 4 is 5.91 Å². The summed E-state index contributed by atoms with van der Waals surface area (Å²) in [5.41, 5.74) is 1.51. The summed E-state index contributed by atoms with van der Waals surface area (Å²) < 4.78 is 18.8. The topological polar surface area (TPSA) is 62.4 Å². The molecule has 0 radical (unpaired) electrons. The second-order valence-corrected chi connectivity index (χ2v) is 6.36. The predicted octanol–water partition coefficient (Wildman–Crippen LogP) is 2.64. The molecule has 3 rings (SSSR count). The maximum Gasteiger partial charge on any atom is 0.254 e. The molecule has 1 saturated heterocycles. The van der Waals surface area contributed by atoms with Crippen LogP contribution in [-0.4, -0.2) is 35.0 Å². The van der Waals surface area contributed by atoms with E-state index in [4.69, 9.17) is 4.74 Å².